The van der Waals surface area contributed by atoms with Gasteiger partial charge in [-0.05, 0) is 49.2 Å². The Bertz CT molecular complexity index is 1380. The summed E-state index contributed by atoms with van der Waals surface area (Å²) in [5.74, 6) is -0.0420. The van der Waals surface area contributed by atoms with Crippen molar-refractivity contribution >= 4 is 35.0 Å². The fourth-order valence-corrected chi connectivity index (χ4v) is 4.80. The lowest BCUT2D eigenvalue weighted by Crippen LogP contribution is -2.14. The Labute approximate surface area is 208 Å². The van der Waals surface area contributed by atoms with E-state index in [-0.39, 0.29) is 11.7 Å². The predicted octanol–water partition coefficient (Wildman–Crippen LogP) is 7.29. The third kappa shape index (κ3) is 5.48. The number of aromatic nitrogens is 1. The van der Waals surface area contributed by atoms with Crippen LogP contribution in [0.15, 0.2) is 83.9 Å². The molecule has 0 fully saturated rings. The Kier molecular flexibility index (Phi) is 7.32. The van der Waals surface area contributed by atoms with Crippen molar-refractivity contribution in [3.8, 4) is 28.5 Å². The summed E-state index contributed by atoms with van der Waals surface area (Å²) in [7, 11) is 0. The number of halogens is 1. The van der Waals surface area contributed by atoms with Crippen molar-refractivity contribution in [2.24, 2.45) is 0 Å². The molecule has 0 atom stereocenters. The molecule has 168 valence electrons. The number of carbonyl (C=O) groups is 1. The van der Waals surface area contributed by atoms with Gasteiger partial charge in [0.2, 0.25) is 5.91 Å². The van der Waals surface area contributed by atoms with Crippen LogP contribution < -0.4 is 5.32 Å². The van der Waals surface area contributed by atoms with Crippen molar-refractivity contribution in [2.45, 2.75) is 18.9 Å². The number of anilines is 1. The lowest BCUT2D eigenvalue weighted by atomic mass is 9.99. The summed E-state index contributed by atoms with van der Waals surface area (Å²) >= 11 is 7.72. The van der Waals surface area contributed by atoms with Crippen LogP contribution in [-0.2, 0) is 4.79 Å². The highest BCUT2D eigenvalue weighted by Gasteiger charge is 2.18. The molecule has 4 rings (SSSR count). The number of nitrogens with zero attached hydrogens (tertiary/aromatic N) is 2. The number of nitriles is 1. The van der Waals surface area contributed by atoms with Crippen molar-refractivity contribution in [3.05, 3.63) is 101 Å². The van der Waals surface area contributed by atoms with Gasteiger partial charge in [-0.25, -0.2) is 4.98 Å². The number of thioether (sulfide) groups is 1. The molecule has 1 N–H and O–H groups in total. The molecule has 1 amide bonds. The molecular weight excluding hydrogens is 462 g/mol. The zero-order valence-corrected chi connectivity index (χ0v) is 20.4. The van der Waals surface area contributed by atoms with Crippen LogP contribution in [0.25, 0.3) is 22.4 Å². The summed E-state index contributed by atoms with van der Waals surface area (Å²) in [4.78, 5) is 17.5. The van der Waals surface area contributed by atoms with Crippen molar-refractivity contribution in [2.75, 3.05) is 11.1 Å². The zero-order valence-electron chi connectivity index (χ0n) is 18.8. The Hall–Kier alpha value is -3.59. The van der Waals surface area contributed by atoms with E-state index in [0.717, 1.165) is 27.9 Å². The van der Waals surface area contributed by atoms with E-state index in [4.69, 9.17) is 16.6 Å². The van der Waals surface area contributed by atoms with Gasteiger partial charge < -0.3 is 5.32 Å². The highest BCUT2D eigenvalue weighted by atomic mass is 35.5. The van der Waals surface area contributed by atoms with Gasteiger partial charge in [0.15, 0.2) is 0 Å². The highest BCUT2D eigenvalue weighted by molar-refractivity contribution is 8.00. The number of benzene rings is 3. The van der Waals surface area contributed by atoms with Gasteiger partial charge in [0.1, 0.15) is 11.1 Å². The Morgan fingerprint density at radius 3 is 2.32 bits per heavy atom. The van der Waals surface area contributed by atoms with Crippen molar-refractivity contribution in [1.29, 1.82) is 5.26 Å². The molecular formula is C28H22ClN3OS. The fourth-order valence-electron chi connectivity index (χ4n) is 3.76. The second-order valence-corrected chi connectivity index (χ2v) is 9.28. The van der Waals surface area contributed by atoms with E-state index >= 15 is 0 Å². The molecule has 0 radical (unpaired) electrons. The Morgan fingerprint density at radius 2 is 1.65 bits per heavy atom. The van der Waals surface area contributed by atoms with Crippen molar-refractivity contribution in [1.82, 2.24) is 4.98 Å². The Balaban J connectivity index is 1.69. The molecule has 34 heavy (non-hydrogen) atoms. The van der Waals surface area contributed by atoms with Gasteiger partial charge in [0.25, 0.3) is 0 Å². The molecule has 0 unspecified atom stereocenters. The zero-order chi connectivity index (χ0) is 24.1. The number of amides is 1. The van der Waals surface area contributed by atoms with Crippen LogP contribution in [0.1, 0.15) is 16.7 Å². The monoisotopic (exact) mass is 483 g/mol. The minimum Gasteiger partial charge on any atom is -0.325 e. The quantitative estimate of drug-likeness (QED) is 0.292. The van der Waals surface area contributed by atoms with E-state index in [1.54, 1.807) is 6.07 Å². The van der Waals surface area contributed by atoms with Gasteiger partial charge in [0.05, 0.1) is 17.0 Å². The lowest BCUT2D eigenvalue weighted by Gasteiger charge is -2.14. The first-order valence-corrected chi connectivity index (χ1v) is 12.1. The number of hydrogen-bond acceptors (Lipinski definition) is 4. The molecule has 0 aliphatic rings. The molecule has 0 aliphatic carbocycles. The topological polar surface area (TPSA) is 65.8 Å². The van der Waals surface area contributed by atoms with E-state index in [1.807, 2.05) is 80.6 Å². The molecule has 0 aliphatic heterocycles. The van der Waals surface area contributed by atoms with Crippen LogP contribution in [-0.4, -0.2) is 16.6 Å². The molecule has 0 saturated heterocycles. The molecule has 3 aromatic carbocycles. The summed E-state index contributed by atoms with van der Waals surface area (Å²) in [5.41, 5.74) is 6.39. The van der Waals surface area contributed by atoms with Crippen LogP contribution in [0.4, 0.5) is 5.69 Å². The molecule has 0 spiro atoms. The molecule has 1 aromatic heterocycles. The highest BCUT2D eigenvalue weighted by Crippen LogP contribution is 2.37. The van der Waals surface area contributed by atoms with Crippen molar-refractivity contribution in [3.63, 3.8) is 0 Å². The average molecular weight is 484 g/mol. The van der Waals surface area contributed by atoms with E-state index in [1.165, 1.54) is 11.8 Å². The molecule has 0 bridgehead atoms. The number of pyridine rings is 1. The summed E-state index contributed by atoms with van der Waals surface area (Å²) in [6.07, 6.45) is 0. The summed E-state index contributed by atoms with van der Waals surface area (Å²) in [6.45, 7) is 3.98. The number of carbonyl (C=O) groups excluding carboxylic acids is 1. The third-order valence-corrected chi connectivity index (χ3v) is 6.48. The normalized spacial score (nSPS) is 10.5. The molecule has 6 heteroatoms. The molecule has 0 saturated carbocycles. The summed E-state index contributed by atoms with van der Waals surface area (Å²) in [5, 5.41) is 14.0. The van der Waals surface area contributed by atoms with Crippen LogP contribution in [0.2, 0.25) is 5.02 Å². The first-order chi connectivity index (χ1) is 16.4. The SMILES string of the molecule is Cc1cc(C)cc(NC(=O)CSc2nc(-c3ccccc3)cc(-c3ccccc3Cl)c2C#N)c1. The van der Waals surface area contributed by atoms with Gasteiger partial charge in [-0.2, -0.15) is 5.26 Å². The minimum absolute atomic E-state index is 0.120. The number of nitrogens with one attached hydrogen (secondary N) is 1. The summed E-state index contributed by atoms with van der Waals surface area (Å²) < 4.78 is 0. The predicted molar refractivity (Wildman–Crippen MR) is 140 cm³/mol. The van der Waals surface area contributed by atoms with E-state index in [2.05, 4.69) is 17.5 Å². The van der Waals surface area contributed by atoms with E-state index in [9.17, 15) is 10.1 Å². The van der Waals surface area contributed by atoms with Crippen LogP contribution >= 0.6 is 23.4 Å². The van der Waals surface area contributed by atoms with E-state index in [0.29, 0.717) is 26.9 Å². The third-order valence-electron chi connectivity index (χ3n) is 5.18. The minimum atomic E-state index is -0.162. The Morgan fingerprint density at radius 1 is 0.971 bits per heavy atom. The smallest absolute Gasteiger partial charge is 0.234 e. The fraction of sp³-hybridized carbons (Fsp3) is 0.107. The van der Waals surface area contributed by atoms with Gasteiger partial charge in [-0.3, -0.25) is 4.79 Å². The average Bonchev–Trinajstić information content (AvgIpc) is 2.82. The number of aryl methyl sites for hydroxylation is 2. The van der Waals surface area contributed by atoms with Gasteiger partial charge in [0, 0.05) is 27.4 Å². The van der Waals surface area contributed by atoms with E-state index < -0.39 is 0 Å². The molecule has 1 heterocycles. The first kappa shape index (κ1) is 23.6. The maximum absolute atomic E-state index is 12.7. The van der Waals surface area contributed by atoms with Gasteiger partial charge in [-0.15, -0.1) is 0 Å². The second kappa shape index (κ2) is 10.6. The maximum Gasteiger partial charge on any atom is 0.234 e. The summed E-state index contributed by atoms with van der Waals surface area (Å²) in [6, 6.07) is 27.2. The molecule has 4 aromatic rings. The van der Waals surface area contributed by atoms with Gasteiger partial charge >= 0.3 is 0 Å². The van der Waals surface area contributed by atoms with Gasteiger partial charge in [-0.1, -0.05) is 78.0 Å². The lowest BCUT2D eigenvalue weighted by molar-refractivity contribution is -0.113. The van der Waals surface area contributed by atoms with Crippen molar-refractivity contribution < 1.29 is 4.79 Å². The van der Waals surface area contributed by atoms with Crippen LogP contribution in [0, 0.1) is 25.2 Å². The largest absolute Gasteiger partial charge is 0.325 e. The standard InChI is InChI=1S/C28H22ClN3OS/c1-18-12-19(2)14-21(13-18)31-27(33)17-34-28-24(16-30)23(22-10-6-7-11-25(22)29)15-26(32-28)20-8-4-3-5-9-20/h3-15H,17H2,1-2H3,(H,31,33). The maximum atomic E-state index is 12.7. The number of rotatable bonds is 6. The number of hydrogen-bond donors (Lipinski definition) is 1. The molecule has 4 nitrogen and oxygen atoms in total. The van der Waals surface area contributed by atoms with Crippen LogP contribution in [0.3, 0.4) is 0 Å². The van der Waals surface area contributed by atoms with Crippen LogP contribution in [0.5, 0.6) is 0 Å². The first-order valence-electron chi connectivity index (χ1n) is 10.7. The second-order valence-electron chi connectivity index (χ2n) is 7.91.